The Balaban J connectivity index is 1.55. The summed E-state index contributed by atoms with van der Waals surface area (Å²) in [6.45, 7) is 5.24. The predicted molar refractivity (Wildman–Crippen MR) is 113 cm³/mol. The monoisotopic (exact) mass is 398 g/mol. The molecule has 1 fully saturated rings. The fourth-order valence-corrected chi connectivity index (χ4v) is 4.23. The van der Waals surface area contributed by atoms with Crippen LogP contribution in [-0.4, -0.2) is 36.5 Å². The number of piperidine rings is 1. The summed E-state index contributed by atoms with van der Waals surface area (Å²) in [5, 5.41) is 0.678. The maximum Gasteiger partial charge on any atom is 0.224 e. The van der Waals surface area contributed by atoms with Crippen LogP contribution in [0.5, 0.6) is 5.75 Å². The molecule has 4 nitrogen and oxygen atoms in total. The molecular formula is C23H27ClN2O2. The molecule has 1 atom stereocenters. The summed E-state index contributed by atoms with van der Waals surface area (Å²) < 4.78 is 5.99. The molecule has 148 valence electrons. The molecule has 1 amide bonds. The lowest BCUT2D eigenvalue weighted by Gasteiger charge is -2.40. The van der Waals surface area contributed by atoms with Crippen molar-refractivity contribution in [3.63, 3.8) is 0 Å². The van der Waals surface area contributed by atoms with E-state index in [4.69, 9.17) is 16.3 Å². The summed E-state index contributed by atoms with van der Waals surface area (Å²) in [6.07, 6.45) is 2.66. The Morgan fingerprint density at radius 1 is 1.14 bits per heavy atom. The van der Waals surface area contributed by atoms with Crippen molar-refractivity contribution in [2.75, 3.05) is 24.6 Å². The molecule has 0 spiro atoms. The van der Waals surface area contributed by atoms with Crippen LogP contribution in [0.3, 0.4) is 0 Å². The number of amides is 1. The molecule has 1 saturated heterocycles. The van der Waals surface area contributed by atoms with Gasteiger partial charge in [-0.3, -0.25) is 4.79 Å². The van der Waals surface area contributed by atoms with E-state index in [1.54, 1.807) is 0 Å². The quantitative estimate of drug-likeness (QED) is 0.744. The molecule has 2 aliphatic rings. The Labute approximate surface area is 172 Å². The number of halogens is 1. The highest BCUT2D eigenvalue weighted by Gasteiger charge is 2.31. The molecule has 2 aromatic rings. The lowest BCUT2D eigenvalue weighted by atomic mass is 9.98. The van der Waals surface area contributed by atoms with Crippen molar-refractivity contribution in [1.82, 2.24) is 4.90 Å². The zero-order valence-electron chi connectivity index (χ0n) is 16.3. The van der Waals surface area contributed by atoms with Gasteiger partial charge < -0.3 is 14.5 Å². The fraction of sp³-hybridized carbons (Fsp3) is 0.435. The van der Waals surface area contributed by atoms with Crippen LogP contribution in [0.15, 0.2) is 48.5 Å². The molecule has 28 heavy (non-hydrogen) atoms. The summed E-state index contributed by atoms with van der Waals surface area (Å²) in [6, 6.07) is 16.0. The van der Waals surface area contributed by atoms with E-state index in [1.807, 2.05) is 41.3 Å². The van der Waals surface area contributed by atoms with Crippen molar-refractivity contribution in [2.45, 2.75) is 38.8 Å². The van der Waals surface area contributed by atoms with E-state index in [2.05, 4.69) is 24.0 Å². The van der Waals surface area contributed by atoms with Crippen molar-refractivity contribution >= 4 is 23.2 Å². The summed E-state index contributed by atoms with van der Waals surface area (Å²) in [5.41, 5.74) is 2.17. The Morgan fingerprint density at radius 3 is 2.64 bits per heavy atom. The molecule has 0 aromatic heterocycles. The average molecular weight is 399 g/mol. The van der Waals surface area contributed by atoms with Gasteiger partial charge in [-0.15, -0.1) is 0 Å². The largest absolute Gasteiger partial charge is 0.489 e. The van der Waals surface area contributed by atoms with Gasteiger partial charge in [-0.2, -0.15) is 0 Å². The third-order valence-corrected chi connectivity index (χ3v) is 6.08. The Kier molecular flexibility index (Phi) is 5.77. The second kappa shape index (κ2) is 8.44. The van der Waals surface area contributed by atoms with Crippen molar-refractivity contribution in [3.05, 3.63) is 59.1 Å². The Bertz CT molecular complexity index is 819. The van der Waals surface area contributed by atoms with Crippen LogP contribution in [0.2, 0.25) is 5.02 Å². The van der Waals surface area contributed by atoms with Gasteiger partial charge in [0.05, 0.1) is 18.2 Å². The first-order valence-corrected chi connectivity index (χ1v) is 10.5. The van der Waals surface area contributed by atoms with Crippen LogP contribution in [-0.2, 0) is 11.3 Å². The van der Waals surface area contributed by atoms with Crippen LogP contribution in [0.1, 0.15) is 31.7 Å². The molecule has 2 aliphatic heterocycles. The number of hydrogen-bond donors (Lipinski definition) is 0. The number of benzene rings is 2. The molecule has 0 saturated carbocycles. The highest BCUT2D eigenvalue weighted by molar-refractivity contribution is 6.31. The standard InChI is InChI=1S/C23H27ClN2O2/c1-17-9-11-25(12-10-17)23(27)14-20-16-28-22-8-7-19(24)13-21(22)26(20)15-18-5-3-2-4-6-18/h2-8,13,17,20H,9-12,14-16H2,1H3. The molecule has 1 unspecified atom stereocenters. The molecule has 0 aliphatic carbocycles. The minimum absolute atomic E-state index is 0.00183. The second-order valence-corrected chi connectivity index (χ2v) is 8.39. The normalized spacial score (nSPS) is 19.9. The van der Waals surface area contributed by atoms with E-state index in [0.717, 1.165) is 43.9 Å². The molecule has 0 N–H and O–H groups in total. The van der Waals surface area contributed by atoms with E-state index in [9.17, 15) is 4.79 Å². The molecule has 5 heteroatoms. The van der Waals surface area contributed by atoms with Gasteiger partial charge >= 0.3 is 0 Å². The number of carbonyl (C=O) groups is 1. The van der Waals surface area contributed by atoms with Gasteiger partial charge in [-0.25, -0.2) is 0 Å². The third-order valence-electron chi connectivity index (χ3n) is 5.84. The van der Waals surface area contributed by atoms with Gasteiger partial charge in [0.2, 0.25) is 5.91 Å². The van der Waals surface area contributed by atoms with Crippen LogP contribution >= 0.6 is 11.6 Å². The maximum atomic E-state index is 13.0. The number of fused-ring (bicyclic) bond motifs is 1. The first-order chi connectivity index (χ1) is 13.6. The lowest BCUT2D eigenvalue weighted by Crippen LogP contribution is -2.47. The van der Waals surface area contributed by atoms with E-state index >= 15 is 0 Å². The fourth-order valence-electron chi connectivity index (χ4n) is 4.06. The Hall–Kier alpha value is -2.20. The van der Waals surface area contributed by atoms with Crippen molar-refractivity contribution in [2.24, 2.45) is 5.92 Å². The SMILES string of the molecule is CC1CCN(C(=O)CC2COc3ccc(Cl)cc3N2Cc2ccccc2)CC1. The predicted octanol–water partition coefficient (Wildman–Crippen LogP) is 4.76. The number of anilines is 1. The van der Waals surface area contributed by atoms with Gasteiger partial charge in [-0.1, -0.05) is 48.9 Å². The first-order valence-electron chi connectivity index (χ1n) is 10.1. The van der Waals surface area contributed by atoms with E-state index in [1.165, 1.54) is 5.56 Å². The molecule has 2 aromatic carbocycles. The van der Waals surface area contributed by atoms with Gasteiger partial charge in [-0.05, 0) is 42.5 Å². The zero-order chi connectivity index (χ0) is 19.5. The van der Waals surface area contributed by atoms with E-state index in [0.29, 0.717) is 24.0 Å². The van der Waals surface area contributed by atoms with Gasteiger partial charge in [0.1, 0.15) is 12.4 Å². The summed E-state index contributed by atoms with van der Waals surface area (Å²) in [5.74, 6) is 1.77. The molecule has 4 rings (SSSR count). The van der Waals surface area contributed by atoms with Crippen LogP contribution in [0, 0.1) is 5.92 Å². The average Bonchev–Trinajstić information content (AvgIpc) is 2.71. The summed E-state index contributed by atoms with van der Waals surface area (Å²) >= 11 is 6.28. The second-order valence-electron chi connectivity index (χ2n) is 7.96. The summed E-state index contributed by atoms with van der Waals surface area (Å²) in [4.78, 5) is 17.3. The first kappa shape index (κ1) is 19.1. The number of ether oxygens (including phenoxy) is 1. The number of carbonyl (C=O) groups excluding carboxylic acids is 1. The highest BCUT2D eigenvalue weighted by Crippen LogP contribution is 2.38. The van der Waals surface area contributed by atoms with E-state index < -0.39 is 0 Å². The Morgan fingerprint density at radius 2 is 1.89 bits per heavy atom. The van der Waals surface area contributed by atoms with Crippen molar-refractivity contribution in [3.8, 4) is 5.75 Å². The van der Waals surface area contributed by atoms with Crippen LogP contribution in [0.25, 0.3) is 0 Å². The zero-order valence-corrected chi connectivity index (χ0v) is 17.1. The number of rotatable bonds is 4. The van der Waals surface area contributed by atoms with Crippen molar-refractivity contribution < 1.29 is 9.53 Å². The van der Waals surface area contributed by atoms with Crippen molar-refractivity contribution in [1.29, 1.82) is 0 Å². The highest BCUT2D eigenvalue weighted by atomic mass is 35.5. The van der Waals surface area contributed by atoms with Crippen LogP contribution < -0.4 is 9.64 Å². The minimum atomic E-state index is -0.00183. The lowest BCUT2D eigenvalue weighted by molar-refractivity contribution is -0.133. The third kappa shape index (κ3) is 4.27. The van der Waals surface area contributed by atoms with Gasteiger partial charge in [0.15, 0.2) is 0 Å². The molecule has 0 radical (unpaired) electrons. The maximum absolute atomic E-state index is 13.0. The van der Waals surface area contributed by atoms with Gasteiger partial charge in [0.25, 0.3) is 0 Å². The number of hydrogen-bond acceptors (Lipinski definition) is 3. The molecule has 2 heterocycles. The van der Waals surface area contributed by atoms with Crippen LogP contribution in [0.4, 0.5) is 5.69 Å². The van der Waals surface area contributed by atoms with E-state index in [-0.39, 0.29) is 11.9 Å². The molecular weight excluding hydrogens is 372 g/mol. The summed E-state index contributed by atoms with van der Waals surface area (Å²) in [7, 11) is 0. The molecule has 0 bridgehead atoms. The number of nitrogens with zero attached hydrogens (tertiary/aromatic N) is 2. The minimum Gasteiger partial charge on any atom is -0.489 e. The van der Waals surface area contributed by atoms with Gasteiger partial charge in [0, 0.05) is 24.7 Å². The topological polar surface area (TPSA) is 32.8 Å². The number of likely N-dealkylation sites (tertiary alicyclic amines) is 1. The smallest absolute Gasteiger partial charge is 0.224 e.